The van der Waals surface area contributed by atoms with E-state index in [4.69, 9.17) is 9.47 Å². The number of carbonyl (C=O) groups excluding carboxylic acids is 1. The van der Waals surface area contributed by atoms with Gasteiger partial charge in [0.25, 0.3) is 0 Å². The molecule has 0 aliphatic heterocycles. The van der Waals surface area contributed by atoms with Gasteiger partial charge in [0.15, 0.2) is 0 Å². The highest BCUT2D eigenvalue weighted by molar-refractivity contribution is 5.68. The monoisotopic (exact) mass is 316 g/mol. The summed E-state index contributed by atoms with van der Waals surface area (Å²) in [6.07, 6.45) is 4.44. The molecule has 0 aromatic rings. The maximum atomic E-state index is 12.2. The molecule has 1 amide bonds. The summed E-state index contributed by atoms with van der Waals surface area (Å²) in [5.74, 6) is 0. The van der Waals surface area contributed by atoms with Gasteiger partial charge in [0.05, 0.1) is 6.61 Å². The molecule has 0 fully saturated rings. The summed E-state index contributed by atoms with van der Waals surface area (Å²) in [4.78, 5) is 13.9. The molecule has 0 rings (SSSR count). The van der Waals surface area contributed by atoms with Gasteiger partial charge in [0.2, 0.25) is 0 Å². The molecule has 132 valence electrons. The lowest BCUT2D eigenvalue weighted by Crippen LogP contribution is -2.43. The second-order valence-corrected chi connectivity index (χ2v) is 6.69. The third-order valence-corrected chi connectivity index (χ3v) is 3.31. The van der Waals surface area contributed by atoms with E-state index in [9.17, 15) is 4.79 Å². The Morgan fingerprint density at radius 2 is 1.73 bits per heavy atom. The van der Waals surface area contributed by atoms with Gasteiger partial charge in [0, 0.05) is 32.8 Å². The zero-order chi connectivity index (χ0) is 17.0. The second kappa shape index (κ2) is 11.7. The topological polar surface area (TPSA) is 50.8 Å². The van der Waals surface area contributed by atoms with Gasteiger partial charge in [-0.15, -0.1) is 0 Å². The summed E-state index contributed by atoms with van der Waals surface area (Å²) < 4.78 is 10.5. The fraction of sp³-hybridized carbons (Fsp3) is 0.941. The van der Waals surface area contributed by atoms with E-state index in [0.29, 0.717) is 25.7 Å². The van der Waals surface area contributed by atoms with Crippen LogP contribution in [0, 0.1) is 0 Å². The number of rotatable bonds is 11. The molecule has 0 saturated carbocycles. The van der Waals surface area contributed by atoms with Crippen molar-refractivity contribution in [1.82, 2.24) is 10.2 Å². The summed E-state index contributed by atoms with van der Waals surface area (Å²) in [5.41, 5.74) is -0.469. The molecule has 22 heavy (non-hydrogen) atoms. The highest BCUT2D eigenvalue weighted by Crippen LogP contribution is 2.10. The molecule has 5 nitrogen and oxygen atoms in total. The van der Waals surface area contributed by atoms with E-state index in [0.717, 1.165) is 6.54 Å². The minimum Gasteiger partial charge on any atom is -0.444 e. The predicted octanol–water partition coefficient (Wildman–Crippen LogP) is 3.43. The summed E-state index contributed by atoms with van der Waals surface area (Å²) in [5, 5.41) is 3.56. The van der Waals surface area contributed by atoms with Crippen molar-refractivity contribution in [2.24, 2.45) is 0 Å². The molecule has 0 saturated heterocycles. The standard InChI is InChI=1S/C17H36N2O3/c1-7-9-15(10-8-2)18-11-12-19(13-14-21-6)16(20)22-17(3,4)5/h15,18H,7-14H2,1-6H3. The van der Waals surface area contributed by atoms with Crippen LogP contribution in [0.15, 0.2) is 0 Å². The van der Waals surface area contributed by atoms with Gasteiger partial charge in [-0.1, -0.05) is 26.7 Å². The van der Waals surface area contributed by atoms with E-state index in [1.807, 2.05) is 20.8 Å². The molecular weight excluding hydrogens is 280 g/mol. The molecule has 0 atom stereocenters. The molecule has 0 aromatic heterocycles. The third-order valence-electron chi connectivity index (χ3n) is 3.31. The number of amides is 1. The molecule has 5 heteroatoms. The van der Waals surface area contributed by atoms with E-state index in [-0.39, 0.29) is 6.09 Å². The smallest absolute Gasteiger partial charge is 0.410 e. The fourth-order valence-corrected chi connectivity index (χ4v) is 2.27. The van der Waals surface area contributed by atoms with E-state index in [1.54, 1.807) is 12.0 Å². The zero-order valence-electron chi connectivity index (χ0n) is 15.4. The number of nitrogens with one attached hydrogen (secondary N) is 1. The molecule has 0 aliphatic carbocycles. The van der Waals surface area contributed by atoms with E-state index in [1.165, 1.54) is 25.7 Å². The van der Waals surface area contributed by atoms with Crippen molar-refractivity contribution in [2.75, 3.05) is 33.4 Å². The third kappa shape index (κ3) is 10.9. The first-order valence-electron chi connectivity index (χ1n) is 8.54. The van der Waals surface area contributed by atoms with Crippen molar-refractivity contribution in [3.63, 3.8) is 0 Å². The van der Waals surface area contributed by atoms with Crippen LogP contribution in [-0.2, 0) is 9.47 Å². The van der Waals surface area contributed by atoms with Gasteiger partial charge >= 0.3 is 6.09 Å². The quantitative estimate of drug-likeness (QED) is 0.634. The van der Waals surface area contributed by atoms with Crippen LogP contribution in [0.25, 0.3) is 0 Å². The lowest BCUT2D eigenvalue weighted by molar-refractivity contribution is 0.0202. The molecule has 0 spiro atoms. The lowest BCUT2D eigenvalue weighted by Gasteiger charge is -2.28. The van der Waals surface area contributed by atoms with Gasteiger partial charge in [-0.05, 0) is 33.6 Å². The highest BCUT2D eigenvalue weighted by atomic mass is 16.6. The Balaban J connectivity index is 4.36. The van der Waals surface area contributed by atoms with E-state index < -0.39 is 5.60 Å². The zero-order valence-corrected chi connectivity index (χ0v) is 15.4. The van der Waals surface area contributed by atoms with Crippen LogP contribution in [-0.4, -0.2) is 56.0 Å². The van der Waals surface area contributed by atoms with Crippen molar-refractivity contribution in [1.29, 1.82) is 0 Å². The van der Waals surface area contributed by atoms with Gasteiger partial charge < -0.3 is 19.7 Å². The number of hydrogen-bond acceptors (Lipinski definition) is 4. The molecule has 0 heterocycles. The summed E-state index contributed by atoms with van der Waals surface area (Å²) in [6.45, 7) is 12.6. The van der Waals surface area contributed by atoms with Crippen molar-refractivity contribution in [2.45, 2.75) is 71.9 Å². The first kappa shape index (κ1) is 21.2. The van der Waals surface area contributed by atoms with Gasteiger partial charge in [-0.2, -0.15) is 0 Å². The van der Waals surface area contributed by atoms with Crippen LogP contribution >= 0.6 is 0 Å². The SMILES string of the molecule is CCCC(CCC)NCCN(CCOC)C(=O)OC(C)(C)C. The number of carbonyl (C=O) groups is 1. The van der Waals surface area contributed by atoms with Crippen molar-refractivity contribution in [3.8, 4) is 0 Å². The molecule has 0 aromatic carbocycles. The van der Waals surface area contributed by atoms with E-state index in [2.05, 4.69) is 19.2 Å². The van der Waals surface area contributed by atoms with E-state index >= 15 is 0 Å². The minimum atomic E-state index is -0.469. The van der Waals surface area contributed by atoms with Crippen LogP contribution in [0.4, 0.5) is 4.79 Å². The fourth-order valence-electron chi connectivity index (χ4n) is 2.27. The Labute approximate surface area is 136 Å². The van der Waals surface area contributed by atoms with Gasteiger partial charge in [0.1, 0.15) is 5.60 Å². The summed E-state index contributed by atoms with van der Waals surface area (Å²) in [7, 11) is 1.64. The van der Waals surface area contributed by atoms with Gasteiger partial charge in [-0.3, -0.25) is 0 Å². The summed E-state index contributed by atoms with van der Waals surface area (Å²) in [6, 6.07) is 0.540. The average molecular weight is 316 g/mol. The second-order valence-electron chi connectivity index (χ2n) is 6.69. The van der Waals surface area contributed by atoms with Crippen LogP contribution < -0.4 is 5.32 Å². The maximum Gasteiger partial charge on any atom is 0.410 e. The minimum absolute atomic E-state index is 0.270. The first-order valence-corrected chi connectivity index (χ1v) is 8.54. The Bertz CT molecular complexity index is 284. The number of hydrogen-bond donors (Lipinski definition) is 1. The Kier molecular flexibility index (Phi) is 11.3. The van der Waals surface area contributed by atoms with Crippen LogP contribution in [0.1, 0.15) is 60.3 Å². The van der Waals surface area contributed by atoms with Crippen LogP contribution in [0.5, 0.6) is 0 Å². The number of methoxy groups -OCH3 is 1. The summed E-state index contributed by atoms with van der Waals surface area (Å²) >= 11 is 0. The first-order chi connectivity index (χ1) is 10.3. The molecule has 0 radical (unpaired) electrons. The largest absolute Gasteiger partial charge is 0.444 e. The molecule has 0 bridgehead atoms. The van der Waals surface area contributed by atoms with Crippen LogP contribution in [0.2, 0.25) is 0 Å². The molecule has 0 aliphatic rings. The van der Waals surface area contributed by atoms with Crippen molar-refractivity contribution >= 4 is 6.09 Å². The molecular formula is C17H36N2O3. The number of nitrogens with zero attached hydrogens (tertiary/aromatic N) is 1. The lowest BCUT2D eigenvalue weighted by atomic mass is 10.1. The normalized spacial score (nSPS) is 11.8. The van der Waals surface area contributed by atoms with Gasteiger partial charge in [-0.25, -0.2) is 4.79 Å². The van der Waals surface area contributed by atoms with Crippen molar-refractivity contribution in [3.05, 3.63) is 0 Å². The maximum absolute atomic E-state index is 12.2. The molecule has 1 N–H and O–H groups in total. The van der Waals surface area contributed by atoms with Crippen LogP contribution in [0.3, 0.4) is 0 Å². The van der Waals surface area contributed by atoms with Crippen molar-refractivity contribution < 1.29 is 14.3 Å². The average Bonchev–Trinajstić information content (AvgIpc) is 2.40. The predicted molar refractivity (Wildman–Crippen MR) is 91.3 cm³/mol. The molecule has 0 unspecified atom stereocenters. The highest BCUT2D eigenvalue weighted by Gasteiger charge is 2.21. The Morgan fingerprint density at radius 3 is 2.18 bits per heavy atom. The number of ether oxygens (including phenoxy) is 2. The Morgan fingerprint density at radius 1 is 1.14 bits per heavy atom. The Hall–Kier alpha value is -0.810.